The first-order valence-corrected chi connectivity index (χ1v) is 17.8. The van der Waals surface area contributed by atoms with Crippen molar-refractivity contribution < 1.29 is 33.2 Å². The molecule has 0 aromatic heterocycles. The molecule has 0 N–H and O–H groups in total. The highest BCUT2D eigenvalue weighted by Crippen LogP contribution is 2.42. The maximum Gasteiger partial charge on any atom is 0.412 e. The third kappa shape index (κ3) is 12.0. The van der Waals surface area contributed by atoms with Crippen molar-refractivity contribution in [3.63, 3.8) is 0 Å². The highest BCUT2D eigenvalue weighted by Gasteiger charge is 2.52. The van der Waals surface area contributed by atoms with Crippen LogP contribution in [0.3, 0.4) is 0 Å². The molecule has 0 aliphatic carbocycles. The molecule has 3 rings (SSSR count). The van der Waals surface area contributed by atoms with Crippen LogP contribution in [0.4, 0.5) is 4.79 Å². The number of hydrogen-bond donors (Lipinski definition) is 0. The van der Waals surface area contributed by atoms with E-state index in [1.165, 1.54) is 5.56 Å². The lowest BCUT2D eigenvalue weighted by atomic mass is 9.80. The van der Waals surface area contributed by atoms with Crippen molar-refractivity contribution in [1.29, 1.82) is 0 Å². The zero-order valence-corrected chi connectivity index (χ0v) is 31.5. The summed E-state index contributed by atoms with van der Waals surface area (Å²) >= 11 is 0. The molecule has 48 heavy (non-hydrogen) atoms. The predicted molar refractivity (Wildman–Crippen MR) is 191 cm³/mol. The van der Waals surface area contributed by atoms with Gasteiger partial charge in [-0.15, -0.1) is 0 Å². The maximum absolute atomic E-state index is 13.9. The fourth-order valence-corrected chi connectivity index (χ4v) is 6.48. The van der Waals surface area contributed by atoms with Crippen molar-refractivity contribution >= 4 is 6.09 Å². The molecule has 1 saturated heterocycles. The lowest BCUT2D eigenvalue weighted by Crippen LogP contribution is -2.51. The molecule has 2 unspecified atom stereocenters. The van der Waals surface area contributed by atoms with E-state index in [1.54, 1.807) is 14.2 Å². The first-order valence-electron chi connectivity index (χ1n) is 17.8. The van der Waals surface area contributed by atoms with Crippen LogP contribution in [-0.4, -0.2) is 68.5 Å². The molecule has 8 heteroatoms. The molecular weight excluding hydrogens is 606 g/mol. The zero-order chi connectivity index (χ0) is 35.5. The molecule has 0 bridgehead atoms. The van der Waals surface area contributed by atoms with Crippen LogP contribution in [0.5, 0.6) is 11.5 Å². The van der Waals surface area contributed by atoms with Gasteiger partial charge in [0.15, 0.2) is 11.5 Å². The van der Waals surface area contributed by atoms with Gasteiger partial charge in [-0.3, -0.25) is 4.90 Å². The van der Waals surface area contributed by atoms with Gasteiger partial charge in [0.25, 0.3) is 0 Å². The first-order chi connectivity index (χ1) is 22.6. The monoisotopic (exact) mass is 669 g/mol. The van der Waals surface area contributed by atoms with Gasteiger partial charge in [-0.25, -0.2) is 4.79 Å². The number of rotatable bonds is 18. The molecule has 1 amide bonds. The summed E-state index contributed by atoms with van der Waals surface area (Å²) in [5.41, 5.74) is 0.884. The van der Waals surface area contributed by atoms with Crippen LogP contribution >= 0.6 is 0 Å². The number of amides is 1. The summed E-state index contributed by atoms with van der Waals surface area (Å²) in [6, 6.07) is 16.3. The van der Waals surface area contributed by atoms with Crippen LogP contribution in [-0.2, 0) is 32.0 Å². The molecule has 2 aromatic rings. The van der Waals surface area contributed by atoms with Crippen molar-refractivity contribution in [2.75, 3.05) is 34.0 Å². The summed E-state index contributed by atoms with van der Waals surface area (Å²) < 4.78 is 36.0. The molecule has 4 atom stereocenters. The fourth-order valence-electron chi connectivity index (χ4n) is 6.48. The quantitative estimate of drug-likeness (QED) is 0.147. The Morgan fingerprint density at radius 2 is 1.58 bits per heavy atom. The molecule has 8 nitrogen and oxygen atoms in total. The topological polar surface area (TPSA) is 75.7 Å². The molecule has 2 aromatic carbocycles. The second-order valence-electron chi connectivity index (χ2n) is 15.4. The molecule has 0 saturated carbocycles. The van der Waals surface area contributed by atoms with E-state index in [4.69, 9.17) is 28.4 Å². The average Bonchev–Trinajstić information content (AvgIpc) is 3.26. The van der Waals surface area contributed by atoms with Crippen LogP contribution in [0.25, 0.3) is 0 Å². The van der Waals surface area contributed by atoms with Crippen LogP contribution in [0.1, 0.15) is 92.7 Å². The van der Waals surface area contributed by atoms with E-state index in [-0.39, 0.29) is 30.1 Å². The molecular formula is C40H63NO7. The first kappa shape index (κ1) is 39.6. The highest BCUT2D eigenvalue weighted by molar-refractivity contribution is 5.70. The highest BCUT2D eigenvalue weighted by atomic mass is 16.6. The average molecular weight is 670 g/mol. The van der Waals surface area contributed by atoms with Gasteiger partial charge in [-0.05, 0) is 101 Å². The molecule has 0 radical (unpaired) electrons. The number of methoxy groups -OCH3 is 2. The van der Waals surface area contributed by atoms with Crippen molar-refractivity contribution in [1.82, 2.24) is 4.90 Å². The Balaban J connectivity index is 1.88. The summed E-state index contributed by atoms with van der Waals surface area (Å²) in [7, 11) is 3.36. The van der Waals surface area contributed by atoms with E-state index in [1.807, 2.05) is 63.8 Å². The Hall–Kier alpha value is -2.81. The predicted octanol–water partition coefficient (Wildman–Crippen LogP) is 8.94. The summed E-state index contributed by atoms with van der Waals surface area (Å²) in [5.74, 6) is 2.72. The number of carbonyl (C=O) groups is 1. The van der Waals surface area contributed by atoms with E-state index >= 15 is 0 Å². The van der Waals surface area contributed by atoms with Crippen LogP contribution < -0.4 is 9.47 Å². The van der Waals surface area contributed by atoms with Gasteiger partial charge in [0.2, 0.25) is 0 Å². The fraction of sp³-hybridized carbons (Fsp3) is 0.675. The van der Waals surface area contributed by atoms with Crippen LogP contribution in [0.2, 0.25) is 0 Å². The Morgan fingerprint density at radius 1 is 0.896 bits per heavy atom. The van der Waals surface area contributed by atoms with E-state index in [0.29, 0.717) is 44.0 Å². The smallest absolute Gasteiger partial charge is 0.412 e. The Labute approximate surface area is 290 Å². The second kappa shape index (κ2) is 18.3. The third-order valence-electron chi connectivity index (χ3n) is 9.26. The molecule has 270 valence electrons. The standard InChI is InChI=1S/C40H63NO7/c1-28(2)32(22-31-18-19-35(44-11)37(23-31)46-21-15-20-43-10)24-34-36(47-40(8,9)41(34)38(42)48-39(5,6)7)25-33(29(3)4)27-45-26-30-16-13-12-14-17-30/h12-14,16-19,23,28-29,32-34,36H,15,20-22,24-27H2,1-11H3/t32-,33-,34?,36?/m0/s1. The number of benzene rings is 2. The van der Waals surface area contributed by atoms with Crippen molar-refractivity contribution in [2.45, 2.75) is 118 Å². The summed E-state index contributed by atoms with van der Waals surface area (Å²) in [5, 5.41) is 0. The Morgan fingerprint density at radius 3 is 2.19 bits per heavy atom. The van der Waals surface area contributed by atoms with Gasteiger partial charge in [-0.2, -0.15) is 0 Å². The summed E-state index contributed by atoms with van der Waals surface area (Å²) in [6.07, 6.45) is 2.68. The number of ether oxygens (including phenoxy) is 6. The molecule has 1 fully saturated rings. The molecule has 1 heterocycles. The SMILES string of the molecule is COCCCOc1cc(C[C@@H](CC2C(C[C@@H](COCc3ccccc3)C(C)C)OC(C)(C)N2C(=O)OC(C)(C)C)C(C)C)ccc1OC. The summed E-state index contributed by atoms with van der Waals surface area (Å²) in [6.45, 7) is 21.1. The lowest BCUT2D eigenvalue weighted by Gasteiger charge is -2.37. The van der Waals surface area contributed by atoms with Crippen LogP contribution in [0, 0.1) is 23.7 Å². The van der Waals surface area contributed by atoms with Crippen molar-refractivity contribution in [3.8, 4) is 11.5 Å². The Kier molecular flexibility index (Phi) is 15.1. The van der Waals surface area contributed by atoms with Gasteiger partial charge in [0.05, 0.1) is 39.1 Å². The Bertz CT molecular complexity index is 1240. The molecule has 1 aliphatic rings. The van der Waals surface area contributed by atoms with E-state index < -0.39 is 11.3 Å². The van der Waals surface area contributed by atoms with Gasteiger partial charge in [-0.1, -0.05) is 64.1 Å². The number of nitrogens with zero attached hydrogens (tertiary/aromatic N) is 1. The van der Waals surface area contributed by atoms with Crippen molar-refractivity contribution in [2.24, 2.45) is 23.7 Å². The van der Waals surface area contributed by atoms with Gasteiger partial charge in [0.1, 0.15) is 11.3 Å². The zero-order valence-electron chi connectivity index (χ0n) is 31.5. The maximum atomic E-state index is 13.9. The van der Waals surface area contributed by atoms with Gasteiger partial charge >= 0.3 is 6.09 Å². The number of hydrogen-bond acceptors (Lipinski definition) is 7. The van der Waals surface area contributed by atoms with E-state index in [2.05, 4.69) is 52.0 Å². The minimum Gasteiger partial charge on any atom is -0.493 e. The van der Waals surface area contributed by atoms with Gasteiger partial charge < -0.3 is 28.4 Å². The van der Waals surface area contributed by atoms with E-state index in [9.17, 15) is 4.79 Å². The van der Waals surface area contributed by atoms with Gasteiger partial charge in [0, 0.05) is 20.1 Å². The second-order valence-corrected chi connectivity index (χ2v) is 15.4. The largest absolute Gasteiger partial charge is 0.493 e. The molecule has 0 spiro atoms. The lowest BCUT2D eigenvalue weighted by molar-refractivity contribution is -0.0853. The third-order valence-corrected chi connectivity index (χ3v) is 9.26. The van der Waals surface area contributed by atoms with Crippen LogP contribution in [0.15, 0.2) is 48.5 Å². The number of carbonyl (C=O) groups excluding carboxylic acids is 1. The minimum atomic E-state index is -0.824. The van der Waals surface area contributed by atoms with E-state index in [0.717, 1.165) is 37.0 Å². The summed E-state index contributed by atoms with van der Waals surface area (Å²) in [4.78, 5) is 15.8. The minimum absolute atomic E-state index is 0.166. The normalized spacial score (nSPS) is 19.1. The molecule has 1 aliphatic heterocycles. The van der Waals surface area contributed by atoms with Crippen molar-refractivity contribution in [3.05, 3.63) is 59.7 Å².